The van der Waals surface area contributed by atoms with Crippen LogP contribution < -0.4 is 10.5 Å². The lowest BCUT2D eigenvalue weighted by Gasteiger charge is -2.11. The van der Waals surface area contributed by atoms with Crippen molar-refractivity contribution in [2.45, 2.75) is 25.5 Å². The predicted molar refractivity (Wildman–Crippen MR) is 74.1 cm³/mol. The molecule has 0 bridgehead atoms. The Labute approximate surface area is 112 Å². The van der Waals surface area contributed by atoms with Gasteiger partial charge in [0, 0.05) is 6.04 Å². The van der Waals surface area contributed by atoms with Gasteiger partial charge in [-0.05, 0) is 47.7 Å². The highest BCUT2D eigenvalue weighted by Gasteiger charge is 2.21. The number of fused-ring (bicyclic) bond motifs is 1. The second-order valence-corrected chi connectivity index (χ2v) is 4.93. The topological polar surface area (TPSA) is 55.5 Å². The summed E-state index contributed by atoms with van der Waals surface area (Å²) in [7, 11) is 0. The van der Waals surface area contributed by atoms with E-state index in [-0.39, 0.29) is 11.8 Å². The SMILES string of the molecule is NC1CCc2c(OCc3cccc(O)c3)cccc21. The molecule has 0 saturated carbocycles. The number of aromatic hydroxyl groups is 1. The number of phenols is 1. The molecule has 0 aromatic heterocycles. The van der Waals surface area contributed by atoms with Gasteiger partial charge in [0.15, 0.2) is 0 Å². The van der Waals surface area contributed by atoms with E-state index in [9.17, 15) is 5.11 Å². The van der Waals surface area contributed by atoms with Crippen molar-refractivity contribution in [1.29, 1.82) is 0 Å². The monoisotopic (exact) mass is 255 g/mol. The first-order valence-electron chi connectivity index (χ1n) is 6.52. The van der Waals surface area contributed by atoms with E-state index in [1.807, 2.05) is 24.3 Å². The van der Waals surface area contributed by atoms with Gasteiger partial charge < -0.3 is 15.6 Å². The van der Waals surface area contributed by atoms with Crippen molar-refractivity contribution in [3.05, 3.63) is 59.2 Å². The van der Waals surface area contributed by atoms with Gasteiger partial charge in [-0.25, -0.2) is 0 Å². The van der Waals surface area contributed by atoms with Crippen LogP contribution in [-0.2, 0) is 13.0 Å². The molecule has 0 amide bonds. The van der Waals surface area contributed by atoms with Gasteiger partial charge in [0.1, 0.15) is 18.1 Å². The molecule has 0 fully saturated rings. The maximum atomic E-state index is 9.43. The van der Waals surface area contributed by atoms with Gasteiger partial charge in [-0.2, -0.15) is 0 Å². The number of hydrogen-bond donors (Lipinski definition) is 2. The molecule has 0 spiro atoms. The van der Waals surface area contributed by atoms with Crippen molar-refractivity contribution in [2.75, 3.05) is 0 Å². The van der Waals surface area contributed by atoms with Crippen molar-refractivity contribution in [3.8, 4) is 11.5 Å². The fraction of sp³-hybridized carbons (Fsp3) is 0.250. The average molecular weight is 255 g/mol. The van der Waals surface area contributed by atoms with Gasteiger partial charge in [-0.1, -0.05) is 24.3 Å². The van der Waals surface area contributed by atoms with Gasteiger partial charge >= 0.3 is 0 Å². The van der Waals surface area contributed by atoms with E-state index in [0.29, 0.717) is 6.61 Å². The highest BCUT2D eigenvalue weighted by Crippen LogP contribution is 2.35. The lowest BCUT2D eigenvalue weighted by molar-refractivity contribution is 0.302. The molecule has 3 nitrogen and oxygen atoms in total. The van der Waals surface area contributed by atoms with E-state index in [4.69, 9.17) is 10.5 Å². The van der Waals surface area contributed by atoms with Crippen LogP contribution in [0.1, 0.15) is 29.2 Å². The molecule has 3 N–H and O–H groups in total. The molecule has 1 unspecified atom stereocenters. The van der Waals surface area contributed by atoms with E-state index in [2.05, 4.69) is 6.07 Å². The molecule has 3 rings (SSSR count). The van der Waals surface area contributed by atoms with Crippen molar-refractivity contribution in [2.24, 2.45) is 5.73 Å². The first-order chi connectivity index (χ1) is 9.24. The second-order valence-electron chi connectivity index (χ2n) is 4.93. The molecular formula is C16H17NO2. The summed E-state index contributed by atoms with van der Waals surface area (Å²) < 4.78 is 5.87. The van der Waals surface area contributed by atoms with Crippen LogP contribution in [-0.4, -0.2) is 5.11 Å². The fourth-order valence-electron chi connectivity index (χ4n) is 2.60. The number of rotatable bonds is 3. The first kappa shape index (κ1) is 12.1. The summed E-state index contributed by atoms with van der Waals surface area (Å²) in [4.78, 5) is 0. The largest absolute Gasteiger partial charge is 0.508 e. The van der Waals surface area contributed by atoms with Gasteiger partial charge in [-0.15, -0.1) is 0 Å². The number of nitrogens with two attached hydrogens (primary N) is 1. The highest BCUT2D eigenvalue weighted by atomic mass is 16.5. The zero-order chi connectivity index (χ0) is 13.2. The van der Waals surface area contributed by atoms with Crippen LogP contribution in [0.4, 0.5) is 0 Å². The molecule has 0 saturated heterocycles. The Hall–Kier alpha value is -2.00. The zero-order valence-electron chi connectivity index (χ0n) is 10.7. The summed E-state index contributed by atoms with van der Waals surface area (Å²) in [6, 6.07) is 13.3. The van der Waals surface area contributed by atoms with Crippen LogP contribution in [0.2, 0.25) is 0 Å². The van der Waals surface area contributed by atoms with Crippen LogP contribution in [0.15, 0.2) is 42.5 Å². The number of benzene rings is 2. The number of hydrogen-bond acceptors (Lipinski definition) is 3. The minimum absolute atomic E-state index is 0.138. The van der Waals surface area contributed by atoms with Gasteiger partial charge in [0.25, 0.3) is 0 Å². The van der Waals surface area contributed by atoms with Crippen molar-refractivity contribution in [3.63, 3.8) is 0 Å². The van der Waals surface area contributed by atoms with Crippen LogP contribution in [0.5, 0.6) is 11.5 Å². The summed E-state index contributed by atoms with van der Waals surface area (Å²) in [5, 5.41) is 9.43. The highest BCUT2D eigenvalue weighted by molar-refractivity contribution is 5.45. The molecule has 2 aromatic rings. The number of phenolic OH excluding ortho intramolecular Hbond substituents is 1. The van der Waals surface area contributed by atoms with E-state index in [0.717, 1.165) is 24.2 Å². The molecule has 2 aromatic carbocycles. The molecule has 0 aliphatic heterocycles. The summed E-state index contributed by atoms with van der Waals surface area (Å²) >= 11 is 0. The van der Waals surface area contributed by atoms with Crippen LogP contribution in [0, 0.1) is 0 Å². The molecule has 19 heavy (non-hydrogen) atoms. The standard InChI is InChI=1S/C16H17NO2/c17-15-8-7-14-13(15)5-2-6-16(14)19-10-11-3-1-4-12(18)9-11/h1-6,9,15,18H,7-8,10,17H2. The van der Waals surface area contributed by atoms with Gasteiger partial charge in [0.05, 0.1) is 0 Å². The Morgan fingerprint density at radius 3 is 2.89 bits per heavy atom. The quantitative estimate of drug-likeness (QED) is 0.886. The summed E-state index contributed by atoms with van der Waals surface area (Å²) in [5.41, 5.74) is 9.45. The number of ether oxygens (including phenoxy) is 1. The third-order valence-electron chi connectivity index (χ3n) is 3.58. The summed E-state index contributed by atoms with van der Waals surface area (Å²) in [5.74, 6) is 1.18. The van der Waals surface area contributed by atoms with Gasteiger partial charge in [-0.3, -0.25) is 0 Å². The molecule has 1 aliphatic rings. The minimum Gasteiger partial charge on any atom is -0.508 e. The molecular weight excluding hydrogens is 238 g/mol. The molecule has 0 radical (unpaired) electrons. The molecule has 1 atom stereocenters. The second kappa shape index (κ2) is 4.94. The maximum absolute atomic E-state index is 9.43. The Kier molecular flexibility index (Phi) is 3.13. The normalized spacial score (nSPS) is 17.2. The summed E-state index contributed by atoms with van der Waals surface area (Å²) in [6.07, 6.45) is 1.97. The van der Waals surface area contributed by atoms with Crippen molar-refractivity contribution < 1.29 is 9.84 Å². The Morgan fingerprint density at radius 1 is 1.21 bits per heavy atom. The Bertz CT molecular complexity index is 595. The molecule has 98 valence electrons. The zero-order valence-corrected chi connectivity index (χ0v) is 10.7. The maximum Gasteiger partial charge on any atom is 0.123 e. The van der Waals surface area contributed by atoms with Crippen LogP contribution in [0.3, 0.4) is 0 Å². The molecule has 3 heteroatoms. The van der Waals surface area contributed by atoms with Crippen LogP contribution >= 0.6 is 0 Å². The van der Waals surface area contributed by atoms with Crippen LogP contribution in [0.25, 0.3) is 0 Å². The van der Waals surface area contributed by atoms with Crippen molar-refractivity contribution >= 4 is 0 Å². The Balaban J connectivity index is 1.78. The lowest BCUT2D eigenvalue weighted by atomic mass is 10.1. The van der Waals surface area contributed by atoms with E-state index < -0.39 is 0 Å². The molecule has 0 heterocycles. The van der Waals surface area contributed by atoms with E-state index in [1.54, 1.807) is 12.1 Å². The predicted octanol–water partition coefficient (Wildman–Crippen LogP) is 2.92. The van der Waals surface area contributed by atoms with E-state index in [1.165, 1.54) is 11.1 Å². The molecule has 1 aliphatic carbocycles. The average Bonchev–Trinajstić information content (AvgIpc) is 2.79. The third-order valence-corrected chi connectivity index (χ3v) is 3.58. The van der Waals surface area contributed by atoms with Crippen molar-refractivity contribution in [1.82, 2.24) is 0 Å². The smallest absolute Gasteiger partial charge is 0.123 e. The first-order valence-corrected chi connectivity index (χ1v) is 6.52. The third kappa shape index (κ3) is 2.42. The Morgan fingerprint density at radius 2 is 2.05 bits per heavy atom. The lowest BCUT2D eigenvalue weighted by Crippen LogP contribution is -2.05. The minimum atomic E-state index is 0.138. The fourth-order valence-corrected chi connectivity index (χ4v) is 2.60. The van der Waals surface area contributed by atoms with Gasteiger partial charge in [0.2, 0.25) is 0 Å². The summed E-state index contributed by atoms with van der Waals surface area (Å²) in [6.45, 7) is 0.458. The van der Waals surface area contributed by atoms with E-state index >= 15 is 0 Å².